The third-order valence-corrected chi connectivity index (χ3v) is 3.16. The highest BCUT2D eigenvalue weighted by Gasteiger charge is 2.15. The number of benzene rings is 1. The summed E-state index contributed by atoms with van der Waals surface area (Å²) in [6.07, 6.45) is 1.43. The number of carbonyl (C=O) groups excluding carboxylic acids is 1. The molecule has 0 radical (unpaired) electrons. The third kappa shape index (κ3) is 3.07. The lowest BCUT2D eigenvalue weighted by Crippen LogP contribution is -2.16. The van der Waals surface area contributed by atoms with Crippen molar-refractivity contribution in [2.45, 2.75) is 0 Å². The summed E-state index contributed by atoms with van der Waals surface area (Å²) < 4.78 is 14.1. The Morgan fingerprint density at radius 1 is 1.37 bits per heavy atom. The van der Waals surface area contributed by atoms with E-state index in [-0.39, 0.29) is 17.1 Å². The van der Waals surface area contributed by atoms with Gasteiger partial charge in [0.05, 0.1) is 17.4 Å². The van der Waals surface area contributed by atoms with Crippen LogP contribution in [0.5, 0.6) is 0 Å². The van der Waals surface area contributed by atoms with Crippen molar-refractivity contribution in [3.63, 3.8) is 0 Å². The van der Waals surface area contributed by atoms with Gasteiger partial charge in [0.2, 0.25) is 0 Å². The molecule has 0 saturated carbocycles. The first kappa shape index (κ1) is 13.9. The Kier molecular flexibility index (Phi) is 4.11. The Hall–Kier alpha value is -1.54. The minimum Gasteiger partial charge on any atom is -0.396 e. The number of amides is 1. The maximum absolute atomic E-state index is 13.3. The van der Waals surface area contributed by atoms with Gasteiger partial charge in [0, 0.05) is 0 Å². The Labute approximate surface area is 124 Å². The number of para-hydroxylation sites is 1. The molecule has 0 aliphatic rings. The van der Waals surface area contributed by atoms with E-state index in [1.807, 2.05) is 0 Å². The molecule has 0 aliphatic heterocycles. The van der Waals surface area contributed by atoms with Gasteiger partial charge in [-0.3, -0.25) is 4.79 Å². The summed E-state index contributed by atoms with van der Waals surface area (Å²) in [4.78, 5) is 19.9. The minimum absolute atomic E-state index is 0.0385. The van der Waals surface area contributed by atoms with Gasteiger partial charge in [-0.05, 0) is 44.0 Å². The first-order valence-corrected chi connectivity index (χ1v) is 6.61. The summed E-state index contributed by atoms with van der Waals surface area (Å²) in [7, 11) is 0. The topological polar surface area (TPSA) is 80.9 Å². The molecule has 8 heteroatoms. The molecule has 0 aliphatic carbocycles. The predicted molar refractivity (Wildman–Crippen MR) is 76.2 cm³/mol. The number of hydrogen-bond donors (Lipinski definition) is 2. The van der Waals surface area contributed by atoms with Crippen LogP contribution in [0.4, 0.5) is 15.9 Å². The van der Waals surface area contributed by atoms with Gasteiger partial charge >= 0.3 is 0 Å². The molecular weight excluding hydrogens is 383 g/mol. The Morgan fingerprint density at radius 2 is 2.11 bits per heavy atom. The number of aromatic nitrogens is 2. The molecule has 5 nitrogen and oxygen atoms in total. The summed E-state index contributed by atoms with van der Waals surface area (Å²) >= 11 is 6.30. The number of nitrogen functional groups attached to an aromatic ring is 1. The van der Waals surface area contributed by atoms with E-state index in [2.05, 4.69) is 47.1 Å². The highest BCUT2D eigenvalue weighted by Crippen LogP contribution is 2.22. The van der Waals surface area contributed by atoms with Gasteiger partial charge in [-0.1, -0.05) is 6.07 Å². The fourth-order valence-electron chi connectivity index (χ4n) is 1.34. The molecule has 0 fully saturated rings. The van der Waals surface area contributed by atoms with E-state index < -0.39 is 11.7 Å². The Morgan fingerprint density at radius 3 is 2.79 bits per heavy atom. The highest BCUT2D eigenvalue weighted by atomic mass is 79.9. The molecule has 19 heavy (non-hydrogen) atoms. The Balaban J connectivity index is 2.28. The van der Waals surface area contributed by atoms with Crippen LogP contribution in [0.1, 0.15) is 10.4 Å². The molecule has 1 aromatic heterocycles. The molecular formula is C11H7Br2FN4O. The molecule has 0 bridgehead atoms. The van der Waals surface area contributed by atoms with E-state index >= 15 is 0 Å². The number of hydrogen-bond acceptors (Lipinski definition) is 4. The number of anilines is 2. The summed E-state index contributed by atoms with van der Waals surface area (Å²) in [6.45, 7) is 0. The molecule has 3 N–H and O–H groups in total. The van der Waals surface area contributed by atoms with Crippen LogP contribution in [0.2, 0.25) is 0 Å². The largest absolute Gasteiger partial charge is 0.396 e. The van der Waals surface area contributed by atoms with Gasteiger partial charge in [-0.25, -0.2) is 14.4 Å². The lowest BCUT2D eigenvalue weighted by molar-refractivity contribution is 0.102. The van der Waals surface area contributed by atoms with Crippen molar-refractivity contribution < 1.29 is 9.18 Å². The number of halogens is 3. The van der Waals surface area contributed by atoms with Crippen molar-refractivity contribution in [1.82, 2.24) is 9.97 Å². The Bertz CT molecular complexity index is 651. The summed E-state index contributed by atoms with van der Waals surface area (Å²) in [5.74, 6) is -0.986. The fourth-order valence-corrected chi connectivity index (χ4v) is 2.25. The lowest BCUT2D eigenvalue weighted by Gasteiger charge is -2.08. The van der Waals surface area contributed by atoms with Crippen molar-refractivity contribution in [2.75, 3.05) is 11.1 Å². The maximum Gasteiger partial charge on any atom is 0.259 e. The first-order chi connectivity index (χ1) is 8.99. The van der Waals surface area contributed by atoms with Crippen LogP contribution in [0.25, 0.3) is 0 Å². The average molecular weight is 390 g/mol. The molecule has 0 spiro atoms. The van der Waals surface area contributed by atoms with Gasteiger partial charge in [-0.2, -0.15) is 0 Å². The van der Waals surface area contributed by atoms with Crippen LogP contribution in [-0.4, -0.2) is 15.9 Å². The van der Waals surface area contributed by atoms with Crippen LogP contribution in [0.3, 0.4) is 0 Å². The number of rotatable bonds is 2. The monoisotopic (exact) mass is 388 g/mol. The molecule has 1 heterocycles. The summed E-state index contributed by atoms with van der Waals surface area (Å²) in [5.41, 5.74) is 5.34. The van der Waals surface area contributed by atoms with E-state index in [9.17, 15) is 9.18 Å². The zero-order valence-electron chi connectivity index (χ0n) is 9.32. The van der Waals surface area contributed by atoms with Crippen LogP contribution in [0, 0.1) is 5.82 Å². The predicted octanol–water partition coefficient (Wildman–Crippen LogP) is 2.98. The number of nitrogens with one attached hydrogen (secondary N) is 1. The van der Waals surface area contributed by atoms with E-state index in [1.54, 1.807) is 0 Å². The zero-order chi connectivity index (χ0) is 14.0. The summed E-state index contributed by atoms with van der Waals surface area (Å²) in [6, 6.07) is 4.01. The molecule has 2 rings (SSSR count). The van der Waals surface area contributed by atoms with Crippen molar-refractivity contribution in [2.24, 2.45) is 0 Å². The minimum atomic E-state index is -0.645. The molecule has 1 aromatic carbocycles. The smallest absolute Gasteiger partial charge is 0.259 e. The van der Waals surface area contributed by atoms with E-state index in [1.165, 1.54) is 24.4 Å². The normalized spacial score (nSPS) is 10.3. The molecule has 2 aromatic rings. The van der Waals surface area contributed by atoms with Crippen molar-refractivity contribution in [1.29, 1.82) is 0 Å². The molecule has 0 unspecified atom stereocenters. The van der Waals surface area contributed by atoms with E-state index in [4.69, 9.17) is 5.73 Å². The second-order valence-corrected chi connectivity index (χ2v) is 5.05. The van der Waals surface area contributed by atoms with Gasteiger partial charge in [-0.15, -0.1) is 0 Å². The van der Waals surface area contributed by atoms with Crippen LogP contribution in [0.15, 0.2) is 33.6 Å². The lowest BCUT2D eigenvalue weighted by atomic mass is 10.1. The quantitative estimate of drug-likeness (QED) is 0.773. The van der Waals surface area contributed by atoms with Crippen LogP contribution < -0.4 is 11.1 Å². The number of carbonyl (C=O) groups is 1. The average Bonchev–Trinajstić information content (AvgIpc) is 2.36. The van der Waals surface area contributed by atoms with Gasteiger partial charge in [0.15, 0.2) is 5.82 Å². The van der Waals surface area contributed by atoms with Crippen molar-refractivity contribution >= 4 is 49.3 Å². The molecule has 1 amide bonds. The first-order valence-electron chi connectivity index (χ1n) is 5.02. The molecule has 98 valence electrons. The van der Waals surface area contributed by atoms with E-state index in [0.29, 0.717) is 9.21 Å². The van der Waals surface area contributed by atoms with Gasteiger partial charge in [0.25, 0.3) is 5.91 Å². The molecule has 0 atom stereocenters. The maximum atomic E-state index is 13.3. The highest BCUT2D eigenvalue weighted by molar-refractivity contribution is 9.11. The van der Waals surface area contributed by atoms with E-state index in [0.717, 1.165) is 0 Å². The second-order valence-electron chi connectivity index (χ2n) is 3.49. The zero-order valence-corrected chi connectivity index (χ0v) is 12.5. The third-order valence-electron chi connectivity index (χ3n) is 2.23. The van der Waals surface area contributed by atoms with Crippen LogP contribution >= 0.6 is 31.9 Å². The van der Waals surface area contributed by atoms with Crippen molar-refractivity contribution in [3.05, 3.63) is 45.0 Å². The standard InChI is InChI=1S/C11H7Br2FN4O/c12-7-4-16-10(9(13)17-7)18-11(19)5-2-1-3-6(14)8(5)15/h1-4H,15H2,(H,16,18,19). The second kappa shape index (κ2) is 5.62. The van der Waals surface area contributed by atoms with Crippen LogP contribution in [-0.2, 0) is 0 Å². The number of nitrogens with zero attached hydrogens (tertiary/aromatic N) is 2. The fraction of sp³-hybridized carbons (Fsp3) is 0. The number of nitrogens with two attached hydrogens (primary N) is 1. The van der Waals surface area contributed by atoms with Gasteiger partial charge < -0.3 is 11.1 Å². The van der Waals surface area contributed by atoms with Crippen molar-refractivity contribution in [3.8, 4) is 0 Å². The van der Waals surface area contributed by atoms with Gasteiger partial charge in [0.1, 0.15) is 15.0 Å². The summed E-state index contributed by atoms with van der Waals surface area (Å²) in [5, 5.41) is 2.49. The molecule has 0 saturated heterocycles. The SMILES string of the molecule is Nc1c(F)cccc1C(=O)Nc1ncc(Br)nc1Br.